The lowest BCUT2D eigenvalue weighted by molar-refractivity contribution is 0.231. The molecule has 0 unspecified atom stereocenters. The zero-order valence-electron chi connectivity index (χ0n) is 11.7. The minimum atomic E-state index is -0.0569. The van der Waals surface area contributed by atoms with E-state index in [1.54, 1.807) is 12.1 Å². The summed E-state index contributed by atoms with van der Waals surface area (Å²) in [6.45, 7) is 3.56. The summed E-state index contributed by atoms with van der Waals surface area (Å²) in [4.78, 5) is 2.53. The SMILES string of the molecule is Oc1cc2ccc(CCN3CCCCC3)cc2cc1O. The molecule has 0 atom stereocenters. The summed E-state index contributed by atoms with van der Waals surface area (Å²) in [7, 11) is 0. The van der Waals surface area contributed by atoms with Gasteiger partial charge in [-0.05, 0) is 60.8 Å². The lowest BCUT2D eigenvalue weighted by Crippen LogP contribution is -2.31. The summed E-state index contributed by atoms with van der Waals surface area (Å²) in [6, 6.07) is 9.48. The molecule has 0 bridgehead atoms. The predicted octanol–water partition coefficient (Wildman–Crippen LogP) is 3.28. The molecule has 0 saturated carbocycles. The van der Waals surface area contributed by atoms with Gasteiger partial charge in [-0.15, -0.1) is 0 Å². The van der Waals surface area contributed by atoms with Crippen LogP contribution in [0.5, 0.6) is 11.5 Å². The number of hydrogen-bond acceptors (Lipinski definition) is 3. The molecule has 0 radical (unpaired) electrons. The molecule has 0 aromatic heterocycles. The van der Waals surface area contributed by atoms with Crippen LogP contribution in [0.25, 0.3) is 10.8 Å². The number of phenols is 2. The molecule has 106 valence electrons. The summed E-state index contributed by atoms with van der Waals surface area (Å²) in [5.41, 5.74) is 1.29. The average Bonchev–Trinajstić information content (AvgIpc) is 2.47. The average molecular weight is 271 g/mol. The zero-order chi connectivity index (χ0) is 13.9. The van der Waals surface area contributed by atoms with Gasteiger partial charge in [-0.3, -0.25) is 0 Å². The van der Waals surface area contributed by atoms with E-state index < -0.39 is 0 Å². The smallest absolute Gasteiger partial charge is 0.158 e. The normalized spacial score (nSPS) is 16.6. The Morgan fingerprint density at radius 1 is 0.850 bits per heavy atom. The van der Waals surface area contributed by atoms with Crippen LogP contribution < -0.4 is 0 Å². The van der Waals surface area contributed by atoms with Crippen LogP contribution in [0.1, 0.15) is 24.8 Å². The third-order valence-electron chi connectivity index (χ3n) is 4.16. The van der Waals surface area contributed by atoms with Gasteiger partial charge in [0.05, 0.1) is 0 Å². The van der Waals surface area contributed by atoms with Crippen molar-refractivity contribution in [1.29, 1.82) is 0 Å². The second-order valence-electron chi connectivity index (χ2n) is 5.67. The second kappa shape index (κ2) is 5.71. The molecule has 0 spiro atoms. The molecule has 3 rings (SSSR count). The van der Waals surface area contributed by atoms with E-state index in [0.29, 0.717) is 0 Å². The highest BCUT2D eigenvalue weighted by molar-refractivity contribution is 5.86. The summed E-state index contributed by atoms with van der Waals surface area (Å²) in [5.74, 6) is -0.107. The first-order chi connectivity index (χ1) is 9.72. The predicted molar refractivity (Wildman–Crippen MR) is 81.3 cm³/mol. The maximum Gasteiger partial charge on any atom is 0.158 e. The van der Waals surface area contributed by atoms with Crippen LogP contribution in [0.2, 0.25) is 0 Å². The van der Waals surface area contributed by atoms with E-state index in [2.05, 4.69) is 17.0 Å². The number of likely N-dealkylation sites (tertiary alicyclic amines) is 1. The second-order valence-corrected chi connectivity index (χ2v) is 5.67. The third-order valence-corrected chi connectivity index (χ3v) is 4.16. The molecule has 1 aliphatic rings. The Morgan fingerprint density at radius 3 is 2.30 bits per heavy atom. The van der Waals surface area contributed by atoms with E-state index in [9.17, 15) is 10.2 Å². The van der Waals surface area contributed by atoms with Crippen LogP contribution in [-0.2, 0) is 6.42 Å². The molecule has 20 heavy (non-hydrogen) atoms. The van der Waals surface area contributed by atoms with Gasteiger partial charge in [0, 0.05) is 6.54 Å². The Bertz CT molecular complexity index is 603. The van der Waals surface area contributed by atoms with Crippen LogP contribution in [0, 0.1) is 0 Å². The van der Waals surface area contributed by atoms with Crippen molar-refractivity contribution in [3.8, 4) is 11.5 Å². The van der Waals surface area contributed by atoms with Crippen molar-refractivity contribution < 1.29 is 10.2 Å². The molecule has 1 aliphatic heterocycles. The molecule has 2 aromatic rings. The first-order valence-corrected chi connectivity index (χ1v) is 7.39. The van der Waals surface area contributed by atoms with Crippen molar-refractivity contribution in [2.75, 3.05) is 19.6 Å². The summed E-state index contributed by atoms with van der Waals surface area (Å²) >= 11 is 0. The van der Waals surface area contributed by atoms with Crippen molar-refractivity contribution in [3.63, 3.8) is 0 Å². The Morgan fingerprint density at radius 2 is 1.55 bits per heavy atom. The minimum Gasteiger partial charge on any atom is -0.504 e. The standard InChI is InChI=1S/C17H21NO2/c19-16-11-14-5-4-13(10-15(14)12-17(16)20)6-9-18-7-2-1-3-8-18/h4-5,10-12,19-20H,1-3,6-9H2. The molecular formula is C17H21NO2. The van der Waals surface area contributed by atoms with Crippen LogP contribution in [0.15, 0.2) is 30.3 Å². The Labute approximate surface area is 119 Å². The fourth-order valence-corrected chi connectivity index (χ4v) is 2.95. The van der Waals surface area contributed by atoms with Crippen molar-refractivity contribution >= 4 is 10.8 Å². The molecule has 2 aromatic carbocycles. The lowest BCUT2D eigenvalue weighted by Gasteiger charge is -2.26. The van der Waals surface area contributed by atoms with Gasteiger partial charge in [0.2, 0.25) is 0 Å². The highest BCUT2D eigenvalue weighted by atomic mass is 16.3. The maximum absolute atomic E-state index is 9.58. The quantitative estimate of drug-likeness (QED) is 0.842. The number of fused-ring (bicyclic) bond motifs is 1. The summed E-state index contributed by atoms with van der Waals surface area (Å²) in [5, 5.41) is 21.0. The van der Waals surface area contributed by atoms with Crippen molar-refractivity contribution in [2.24, 2.45) is 0 Å². The van der Waals surface area contributed by atoms with E-state index in [1.807, 2.05) is 6.07 Å². The Balaban J connectivity index is 1.73. The third kappa shape index (κ3) is 2.88. The zero-order valence-corrected chi connectivity index (χ0v) is 11.7. The number of phenolic OH excluding ortho intramolecular Hbond substituents is 2. The van der Waals surface area contributed by atoms with E-state index in [1.165, 1.54) is 37.9 Å². The number of piperidine rings is 1. The highest BCUT2D eigenvalue weighted by Gasteiger charge is 2.10. The van der Waals surface area contributed by atoms with Gasteiger partial charge in [-0.25, -0.2) is 0 Å². The molecular weight excluding hydrogens is 250 g/mol. The van der Waals surface area contributed by atoms with Gasteiger partial charge >= 0.3 is 0 Å². The van der Waals surface area contributed by atoms with Gasteiger partial charge in [0.15, 0.2) is 11.5 Å². The molecule has 2 N–H and O–H groups in total. The van der Waals surface area contributed by atoms with Gasteiger partial charge in [-0.2, -0.15) is 0 Å². The number of aromatic hydroxyl groups is 2. The molecule has 1 fully saturated rings. The van der Waals surface area contributed by atoms with Crippen LogP contribution in [-0.4, -0.2) is 34.7 Å². The van der Waals surface area contributed by atoms with Gasteiger partial charge in [0.1, 0.15) is 0 Å². The van der Waals surface area contributed by atoms with E-state index in [4.69, 9.17) is 0 Å². The molecule has 3 nitrogen and oxygen atoms in total. The topological polar surface area (TPSA) is 43.7 Å². The highest BCUT2D eigenvalue weighted by Crippen LogP contribution is 2.30. The van der Waals surface area contributed by atoms with Crippen LogP contribution >= 0.6 is 0 Å². The molecule has 0 amide bonds. The first kappa shape index (κ1) is 13.3. The molecule has 1 saturated heterocycles. The van der Waals surface area contributed by atoms with Gasteiger partial charge in [0.25, 0.3) is 0 Å². The van der Waals surface area contributed by atoms with Crippen LogP contribution in [0.4, 0.5) is 0 Å². The number of rotatable bonds is 3. The van der Waals surface area contributed by atoms with Gasteiger partial charge in [-0.1, -0.05) is 24.6 Å². The monoisotopic (exact) mass is 271 g/mol. The Hall–Kier alpha value is -1.74. The molecule has 0 aliphatic carbocycles. The number of benzene rings is 2. The molecule has 1 heterocycles. The fourth-order valence-electron chi connectivity index (χ4n) is 2.95. The number of nitrogens with zero attached hydrogens (tertiary/aromatic N) is 1. The Kier molecular flexibility index (Phi) is 3.79. The van der Waals surface area contributed by atoms with Crippen molar-refractivity contribution in [3.05, 3.63) is 35.9 Å². The van der Waals surface area contributed by atoms with Crippen molar-refractivity contribution in [2.45, 2.75) is 25.7 Å². The number of hydrogen-bond donors (Lipinski definition) is 2. The van der Waals surface area contributed by atoms with Gasteiger partial charge < -0.3 is 15.1 Å². The van der Waals surface area contributed by atoms with E-state index in [0.717, 1.165) is 23.7 Å². The van der Waals surface area contributed by atoms with Crippen LogP contribution in [0.3, 0.4) is 0 Å². The lowest BCUT2D eigenvalue weighted by atomic mass is 10.0. The fraction of sp³-hybridized carbons (Fsp3) is 0.412. The minimum absolute atomic E-state index is 0.0503. The largest absolute Gasteiger partial charge is 0.504 e. The van der Waals surface area contributed by atoms with Crippen molar-refractivity contribution in [1.82, 2.24) is 4.90 Å². The summed E-state index contributed by atoms with van der Waals surface area (Å²) < 4.78 is 0. The van der Waals surface area contributed by atoms with E-state index >= 15 is 0 Å². The first-order valence-electron chi connectivity index (χ1n) is 7.39. The molecule has 3 heteroatoms. The summed E-state index contributed by atoms with van der Waals surface area (Å²) in [6.07, 6.45) is 5.06. The maximum atomic E-state index is 9.58. The van der Waals surface area contributed by atoms with E-state index in [-0.39, 0.29) is 11.5 Å².